The van der Waals surface area contributed by atoms with Crippen molar-refractivity contribution in [3.05, 3.63) is 29.8 Å². The summed E-state index contributed by atoms with van der Waals surface area (Å²) in [7, 11) is 0. The number of nitrogens with one attached hydrogen (secondary N) is 4. The second-order valence-electron chi connectivity index (χ2n) is 7.55. The van der Waals surface area contributed by atoms with Gasteiger partial charge in [0.05, 0.1) is 0 Å². The summed E-state index contributed by atoms with van der Waals surface area (Å²) in [6.45, 7) is 3.32. The first-order chi connectivity index (χ1) is 11.4. The van der Waals surface area contributed by atoms with Crippen LogP contribution < -0.4 is 21.5 Å². The normalized spacial score (nSPS) is 31.7. The van der Waals surface area contributed by atoms with E-state index >= 15 is 0 Å². The largest absolute Gasteiger partial charge is 0.383 e. The lowest BCUT2D eigenvalue weighted by Gasteiger charge is -2.39. The van der Waals surface area contributed by atoms with E-state index in [1.54, 1.807) is 0 Å². The third kappa shape index (κ3) is 3.70. The Labute approximate surface area is 139 Å². The highest BCUT2D eigenvalue weighted by Crippen LogP contribution is 2.37. The topological polar surface area (TPSA) is 48.1 Å². The van der Waals surface area contributed by atoms with Crippen molar-refractivity contribution in [3.8, 4) is 0 Å². The van der Waals surface area contributed by atoms with Gasteiger partial charge in [0.25, 0.3) is 0 Å². The molecule has 0 radical (unpaired) electrons. The van der Waals surface area contributed by atoms with Gasteiger partial charge in [0.1, 0.15) is 0 Å². The molecule has 4 nitrogen and oxygen atoms in total. The molecule has 3 unspecified atom stereocenters. The van der Waals surface area contributed by atoms with E-state index < -0.39 is 0 Å². The van der Waals surface area contributed by atoms with E-state index in [4.69, 9.17) is 0 Å². The van der Waals surface area contributed by atoms with E-state index in [1.165, 1.54) is 49.9 Å². The standard InChI is InChI=1S/C19H30N4/c1-3-14(4-1)16-7-8-18(20-12-16)13-21-17-6-2-5-15(11-17)19-9-10-22-23-19/h2,5-6,11,14,16,18-23H,1,3-4,7-10,12-13H2. The summed E-state index contributed by atoms with van der Waals surface area (Å²) < 4.78 is 0. The van der Waals surface area contributed by atoms with E-state index in [0.29, 0.717) is 12.1 Å². The molecule has 0 bridgehead atoms. The monoisotopic (exact) mass is 314 g/mol. The molecule has 1 saturated carbocycles. The minimum Gasteiger partial charge on any atom is -0.383 e. The Morgan fingerprint density at radius 1 is 1.04 bits per heavy atom. The number of anilines is 1. The third-order valence-corrected chi connectivity index (χ3v) is 6.05. The molecule has 1 aromatic rings. The lowest BCUT2D eigenvalue weighted by Crippen LogP contribution is -2.45. The highest BCUT2D eigenvalue weighted by molar-refractivity contribution is 5.46. The molecule has 126 valence electrons. The minimum atomic E-state index is 0.452. The molecule has 2 heterocycles. The molecular weight excluding hydrogens is 284 g/mol. The summed E-state index contributed by atoms with van der Waals surface area (Å²) in [5.74, 6) is 1.98. The van der Waals surface area contributed by atoms with Gasteiger partial charge in [-0.15, -0.1) is 0 Å². The van der Waals surface area contributed by atoms with Crippen molar-refractivity contribution >= 4 is 5.69 Å². The van der Waals surface area contributed by atoms with Crippen LogP contribution in [0.5, 0.6) is 0 Å². The maximum atomic E-state index is 3.77. The Morgan fingerprint density at radius 2 is 2.00 bits per heavy atom. The molecule has 1 aliphatic carbocycles. The van der Waals surface area contributed by atoms with Gasteiger partial charge in [-0.2, -0.15) is 0 Å². The molecule has 3 aliphatic rings. The molecule has 4 heteroatoms. The van der Waals surface area contributed by atoms with Gasteiger partial charge >= 0.3 is 0 Å². The fourth-order valence-electron chi connectivity index (χ4n) is 4.27. The molecule has 4 rings (SSSR count). The van der Waals surface area contributed by atoms with Gasteiger partial charge in [-0.05, 0) is 55.3 Å². The Bertz CT molecular complexity index is 500. The van der Waals surface area contributed by atoms with Crippen LogP contribution in [0.15, 0.2) is 24.3 Å². The number of hydrogen-bond donors (Lipinski definition) is 4. The van der Waals surface area contributed by atoms with Gasteiger partial charge in [0, 0.05) is 30.9 Å². The molecule has 4 N–H and O–H groups in total. The SMILES string of the molecule is c1cc(NCC2CCC(C3CCC3)CN2)cc(C2CCNN2)c1. The molecule has 3 fully saturated rings. The van der Waals surface area contributed by atoms with Gasteiger partial charge < -0.3 is 10.6 Å². The lowest BCUT2D eigenvalue weighted by molar-refractivity contribution is 0.158. The Morgan fingerprint density at radius 3 is 2.70 bits per heavy atom. The van der Waals surface area contributed by atoms with Crippen molar-refractivity contribution in [1.82, 2.24) is 16.2 Å². The van der Waals surface area contributed by atoms with Gasteiger partial charge in [-0.3, -0.25) is 10.9 Å². The van der Waals surface area contributed by atoms with Crippen LogP contribution in [0, 0.1) is 11.8 Å². The molecule has 0 amide bonds. The molecule has 0 spiro atoms. The summed E-state index contributed by atoms with van der Waals surface area (Å²) in [4.78, 5) is 0. The van der Waals surface area contributed by atoms with Gasteiger partial charge in [0.2, 0.25) is 0 Å². The van der Waals surface area contributed by atoms with E-state index in [0.717, 1.165) is 31.3 Å². The van der Waals surface area contributed by atoms with Crippen LogP contribution in [0.4, 0.5) is 5.69 Å². The van der Waals surface area contributed by atoms with Crippen molar-refractivity contribution in [3.63, 3.8) is 0 Å². The molecule has 23 heavy (non-hydrogen) atoms. The fourth-order valence-corrected chi connectivity index (χ4v) is 4.27. The molecule has 1 aromatic carbocycles. The van der Waals surface area contributed by atoms with Crippen LogP contribution in [0.1, 0.15) is 50.1 Å². The van der Waals surface area contributed by atoms with Gasteiger partial charge in [0.15, 0.2) is 0 Å². The van der Waals surface area contributed by atoms with Crippen LogP contribution >= 0.6 is 0 Å². The Balaban J connectivity index is 1.25. The van der Waals surface area contributed by atoms with Crippen molar-refractivity contribution in [2.75, 3.05) is 25.0 Å². The van der Waals surface area contributed by atoms with Gasteiger partial charge in [-0.1, -0.05) is 31.4 Å². The maximum absolute atomic E-state index is 3.77. The van der Waals surface area contributed by atoms with E-state index in [1.807, 2.05) is 0 Å². The van der Waals surface area contributed by atoms with Crippen LogP contribution in [0.3, 0.4) is 0 Å². The molecule has 0 aromatic heterocycles. The molecular formula is C19H30N4. The van der Waals surface area contributed by atoms with Crippen LogP contribution in [-0.2, 0) is 0 Å². The molecule has 3 atom stereocenters. The predicted molar refractivity (Wildman–Crippen MR) is 95.3 cm³/mol. The average molecular weight is 314 g/mol. The second kappa shape index (κ2) is 7.20. The maximum Gasteiger partial charge on any atom is 0.0475 e. The van der Waals surface area contributed by atoms with Crippen LogP contribution in [0.2, 0.25) is 0 Å². The van der Waals surface area contributed by atoms with Crippen LogP contribution in [-0.4, -0.2) is 25.7 Å². The zero-order valence-corrected chi connectivity index (χ0v) is 14.0. The average Bonchev–Trinajstić information content (AvgIpc) is 3.07. The van der Waals surface area contributed by atoms with Crippen molar-refractivity contribution in [2.45, 2.75) is 50.6 Å². The highest BCUT2D eigenvalue weighted by atomic mass is 15.4. The van der Waals surface area contributed by atoms with E-state index in [2.05, 4.69) is 45.8 Å². The minimum absolute atomic E-state index is 0.452. The first-order valence-corrected chi connectivity index (χ1v) is 9.44. The molecule has 2 aliphatic heterocycles. The summed E-state index contributed by atoms with van der Waals surface area (Å²) in [6.07, 6.45) is 8.33. The number of rotatable bonds is 5. The van der Waals surface area contributed by atoms with Crippen molar-refractivity contribution in [2.24, 2.45) is 11.8 Å². The summed E-state index contributed by atoms with van der Waals surface area (Å²) in [5, 5.41) is 7.41. The van der Waals surface area contributed by atoms with Crippen molar-refractivity contribution in [1.29, 1.82) is 0 Å². The lowest BCUT2D eigenvalue weighted by atomic mass is 9.72. The number of hydrazine groups is 1. The quantitative estimate of drug-likeness (QED) is 0.675. The summed E-state index contributed by atoms with van der Waals surface area (Å²) in [5.41, 5.74) is 9.18. The molecule has 2 saturated heterocycles. The van der Waals surface area contributed by atoms with Gasteiger partial charge in [-0.25, -0.2) is 0 Å². The summed E-state index contributed by atoms with van der Waals surface area (Å²) in [6, 6.07) is 9.95. The number of piperidine rings is 1. The van der Waals surface area contributed by atoms with E-state index in [9.17, 15) is 0 Å². The third-order valence-electron chi connectivity index (χ3n) is 6.05. The first-order valence-electron chi connectivity index (χ1n) is 9.44. The fraction of sp³-hybridized carbons (Fsp3) is 0.684. The summed E-state index contributed by atoms with van der Waals surface area (Å²) >= 11 is 0. The Hall–Kier alpha value is -1.10. The Kier molecular flexibility index (Phi) is 4.83. The smallest absolute Gasteiger partial charge is 0.0475 e. The van der Waals surface area contributed by atoms with Crippen molar-refractivity contribution < 1.29 is 0 Å². The zero-order valence-electron chi connectivity index (χ0n) is 14.0. The first kappa shape index (κ1) is 15.4. The highest BCUT2D eigenvalue weighted by Gasteiger charge is 2.30. The number of benzene rings is 1. The number of hydrogen-bond acceptors (Lipinski definition) is 4. The van der Waals surface area contributed by atoms with Crippen LogP contribution in [0.25, 0.3) is 0 Å². The predicted octanol–water partition coefficient (Wildman–Crippen LogP) is 2.81. The van der Waals surface area contributed by atoms with E-state index in [-0.39, 0.29) is 0 Å². The second-order valence-corrected chi connectivity index (χ2v) is 7.55. The zero-order chi connectivity index (χ0) is 15.5.